The Bertz CT molecular complexity index is 1080. The maximum Gasteiger partial charge on any atom is 0.257 e. The number of rotatable bonds is 5. The van der Waals surface area contributed by atoms with Crippen LogP contribution in [0.25, 0.3) is 0 Å². The van der Waals surface area contributed by atoms with Crippen molar-refractivity contribution in [2.24, 2.45) is 0 Å². The molecule has 0 saturated carbocycles. The van der Waals surface area contributed by atoms with Crippen molar-refractivity contribution < 1.29 is 22.7 Å². The molecule has 9 heteroatoms. The quantitative estimate of drug-likeness (QED) is 0.627. The molecule has 4 rings (SSSR count). The Hall–Kier alpha value is -2.13. The second-order valence-corrected chi connectivity index (χ2v) is 10.7. The summed E-state index contributed by atoms with van der Waals surface area (Å²) < 4.78 is 39.4. The van der Waals surface area contributed by atoms with Crippen LogP contribution in [0.4, 0.5) is 0 Å². The Morgan fingerprint density at radius 3 is 2.39 bits per heavy atom. The normalized spacial score (nSPS) is 20.3. The zero-order chi connectivity index (χ0) is 23.4. The van der Waals surface area contributed by atoms with Crippen LogP contribution in [0.15, 0.2) is 47.4 Å². The zero-order valence-corrected chi connectivity index (χ0v) is 20.3. The van der Waals surface area contributed by atoms with Crippen LogP contribution in [0.3, 0.4) is 0 Å². The van der Waals surface area contributed by atoms with Gasteiger partial charge in [-0.1, -0.05) is 36.6 Å². The van der Waals surface area contributed by atoms with Gasteiger partial charge in [0.05, 0.1) is 30.7 Å². The Morgan fingerprint density at radius 2 is 1.73 bits per heavy atom. The summed E-state index contributed by atoms with van der Waals surface area (Å²) in [4.78, 5) is 15.3. The molecule has 0 N–H and O–H groups in total. The highest BCUT2D eigenvalue weighted by molar-refractivity contribution is 7.89. The molecule has 2 fully saturated rings. The fourth-order valence-electron chi connectivity index (χ4n) is 4.33. The molecule has 2 heterocycles. The fourth-order valence-corrected chi connectivity index (χ4v) is 6.00. The Balaban J connectivity index is 1.59. The van der Waals surface area contributed by atoms with Crippen molar-refractivity contribution >= 4 is 27.5 Å². The molecule has 0 radical (unpaired) electrons. The second-order valence-electron chi connectivity index (χ2n) is 8.34. The molecule has 1 unspecified atom stereocenters. The van der Waals surface area contributed by atoms with Crippen LogP contribution in [-0.2, 0) is 14.8 Å². The third kappa shape index (κ3) is 5.35. The number of carbonyl (C=O) groups excluding carboxylic acids is 1. The molecule has 1 amide bonds. The lowest BCUT2D eigenvalue weighted by molar-refractivity contribution is -0.0229. The average Bonchev–Trinajstić information content (AvgIpc) is 3.14. The number of hydrogen-bond donors (Lipinski definition) is 0. The lowest BCUT2D eigenvalue weighted by Crippen LogP contribution is -2.42. The maximum atomic E-state index is 13.5. The first kappa shape index (κ1) is 24.0. The fraction of sp³-hybridized carbons (Fsp3) is 0.458. The van der Waals surface area contributed by atoms with E-state index in [4.69, 9.17) is 21.1 Å². The van der Waals surface area contributed by atoms with Crippen LogP contribution in [0, 0.1) is 0 Å². The van der Waals surface area contributed by atoms with Gasteiger partial charge in [0.1, 0.15) is 11.9 Å². The van der Waals surface area contributed by atoms with Crippen molar-refractivity contribution in [1.29, 1.82) is 0 Å². The monoisotopic (exact) mass is 492 g/mol. The number of sulfonamides is 1. The lowest BCUT2D eigenvalue weighted by atomic mass is 10.1. The van der Waals surface area contributed by atoms with E-state index in [9.17, 15) is 13.2 Å². The van der Waals surface area contributed by atoms with Crippen LogP contribution in [0.5, 0.6) is 5.75 Å². The summed E-state index contributed by atoms with van der Waals surface area (Å²) in [5, 5.41) is 0.634. The molecule has 7 nitrogen and oxygen atoms in total. The minimum absolute atomic E-state index is 0.121. The highest BCUT2D eigenvalue weighted by Crippen LogP contribution is 2.29. The first-order valence-corrected chi connectivity index (χ1v) is 13.1. The van der Waals surface area contributed by atoms with Gasteiger partial charge >= 0.3 is 0 Å². The van der Waals surface area contributed by atoms with Gasteiger partial charge in [0, 0.05) is 24.7 Å². The van der Waals surface area contributed by atoms with Crippen LogP contribution >= 0.6 is 11.6 Å². The minimum atomic E-state index is -3.69. The number of amides is 1. The van der Waals surface area contributed by atoms with Gasteiger partial charge in [-0.25, -0.2) is 8.42 Å². The van der Waals surface area contributed by atoms with E-state index in [0.717, 1.165) is 31.2 Å². The molecular formula is C24H29ClN2O5S. The van der Waals surface area contributed by atoms with E-state index in [1.54, 1.807) is 23.1 Å². The molecule has 0 bridgehead atoms. The molecule has 0 spiro atoms. The molecule has 33 heavy (non-hydrogen) atoms. The summed E-state index contributed by atoms with van der Waals surface area (Å²) in [5.74, 6) is 0.0754. The molecular weight excluding hydrogens is 464 g/mol. The number of halogens is 1. The molecule has 2 aliphatic rings. The van der Waals surface area contributed by atoms with Gasteiger partial charge in [-0.15, -0.1) is 0 Å². The maximum absolute atomic E-state index is 13.5. The summed E-state index contributed by atoms with van der Waals surface area (Å²) in [6, 6.07) is 11.9. The summed E-state index contributed by atoms with van der Waals surface area (Å²) >= 11 is 5.99. The van der Waals surface area contributed by atoms with E-state index in [1.165, 1.54) is 23.5 Å². The molecule has 0 aromatic heterocycles. The molecule has 2 saturated heterocycles. The predicted octanol–water partition coefficient (Wildman–Crippen LogP) is 4.13. The minimum Gasteiger partial charge on any atom is -0.496 e. The van der Waals surface area contributed by atoms with Crippen molar-refractivity contribution in [1.82, 2.24) is 9.21 Å². The van der Waals surface area contributed by atoms with Gasteiger partial charge < -0.3 is 14.4 Å². The average molecular weight is 493 g/mol. The first-order chi connectivity index (χ1) is 15.9. The van der Waals surface area contributed by atoms with Crippen LogP contribution in [-0.4, -0.2) is 63.4 Å². The number of morpholine rings is 1. The first-order valence-electron chi connectivity index (χ1n) is 11.2. The van der Waals surface area contributed by atoms with Gasteiger partial charge in [-0.05, 0) is 48.7 Å². The molecule has 2 aromatic carbocycles. The van der Waals surface area contributed by atoms with E-state index in [0.29, 0.717) is 43.6 Å². The van der Waals surface area contributed by atoms with E-state index in [-0.39, 0.29) is 22.5 Å². The van der Waals surface area contributed by atoms with Crippen molar-refractivity contribution in [2.45, 2.75) is 36.7 Å². The zero-order valence-electron chi connectivity index (χ0n) is 18.7. The number of methoxy groups -OCH3 is 1. The Labute approximate surface area is 200 Å². The van der Waals surface area contributed by atoms with Gasteiger partial charge in [0.25, 0.3) is 5.91 Å². The van der Waals surface area contributed by atoms with Gasteiger partial charge in [0.2, 0.25) is 10.0 Å². The summed E-state index contributed by atoms with van der Waals surface area (Å²) in [6.45, 7) is 2.16. The second kappa shape index (κ2) is 10.4. The SMILES string of the molecule is COc1ccc(S(=O)(=O)N2CCCCCC2)cc1C(=O)N1CCOC(c2ccc(Cl)cc2)C1. The highest BCUT2D eigenvalue weighted by Gasteiger charge is 2.31. The summed E-state index contributed by atoms with van der Waals surface area (Å²) in [7, 11) is -2.21. The van der Waals surface area contributed by atoms with Crippen molar-refractivity contribution in [2.75, 3.05) is 39.9 Å². The molecule has 178 valence electrons. The van der Waals surface area contributed by atoms with Crippen LogP contribution < -0.4 is 4.74 Å². The number of carbonyl (C=O) groups is 1. The van der Waals surface area contributed by atoms with Gasteiger partial charge in [-0.3, -0.25) is 4.79 Å². The smallest absolute Gasteiger partial charge is 0.257 e. The molecule has 0 aliphatic carbocycles. The largest absolute Gasteiger partial charge is 0.496 e. The number of hydrogen-bond acceptors (Lipinski definition) is 5. The molecule has 2 aromatic rings. The van der Waals surface area contributed by atoms with Crippen molar-refractivity contribution in [3.63, 3.8) is 0 Å². The van der Waals surface area contributed by atoms with E-state index in [1.807, 2.05) is 12.1 Å². The lowest BCUT2D eigenvalue weighted by Gasteiger charge is -2.33. The molecule has 2 aliphatic heterocycles. The third-order valence-electron chi connectivity index (χ3n) is 6.20. The van der Waals surface area contributed by atoms with Crippen LogP contribution in [0.2, 0.25) is 5.02 Å². The standard InChI is InChI=1S/C24H29ClN2O5S/c1-31-22-11-10-20(33(29,30)27-12-4-2-3-5-13-27)16-21(22)24(28)26-14-15-32-23(17-26)18-6-8-19(25)9-7-18/h6-11,16,23H,2-5,12-15,17H2,1H3. The third-order valence-corrected chi connectivity index (χ3v) is 8.35. The predicted molar refractivity (Wildman–Crippen MR) is 126 cm³/mol. The number of nitrogens with zero attached hydrogens (tertiary/aromatic N) is 2. The Kier molecular flexibility index (Phi) is 7.58. The van der Waals surface area contributed by atoms with Crippen molar-refractivity contribution in [3.05, 3.63) is 58.6 Å². The number of ether oxygens (including phenoxy) is 2. The topological polar surface area (TPSA) is 76.2 Å². The van der Waals surface area contributed by atoms with Crippen molar-refractivity contribution in [3.8, 4) is 5.75 Å². The van der Waals surface area contributed by atoms with E-state index in [2.05, 4.69) is 0 Å². The number of benzene rings is 2. The Morgan fingerprint density at radius 1 is 1.03 bits per heavy atom. The highest BCUT2D eigenvalue weighted by atomic mass is 35.5. The summed E-state index contributed by atoms with van der Waals surface area (Å²) in [5.41, 5.74) is 1.17. The molecule has 1 atom stereocenters. The van der Waals surface area contributed by atoms with Gasteiger partial charge in [-0.2, -0.15) is 4.31 Å². The van der Waals surface area contributed by atoms with E-state index < -0.39 is 10.0 Å². The van der Waals surface area contributed by atoms with Crippen LogP contribution in [0.1, 0.15) is 47.7 Å². The van der Waals surface area contributed by atoms with E-state index >= 15 is 0 Å². The summed E-state index contributed by atoms with van der Waals surface area (Å²) in [6.07, 6.45) is 3.48. The van der Waals surface area contributed by atoms with Gasteiger partial charge in [0.15, 0.2) is 0 Å².